The van der Waals surface area contributed by atoms with Crippen LogP contribution < -0.4 is 5.32 Å². The maximum atomic E-state index is 12.5. The van der Waals surface area contributed by atoms with E-state index < -0.39 is 5.54 Å². The number of carbonyl (C=O) groups is 1. The molecule has 4 nitrogen and oxygen atoms in total. The molecule has 0 bridgehead atoms. The van der Waals surface area contributed by atoms with Gasteiger partial charge in [0.2, 0.25) is 0 Å². The lowest BCUT2D eigenvalue weighted by Crippen LogP contribution is -2.55. The molecule has 1 aliphatic carbocycles. The van der Waals surface area contributed by atoms with E-state index in [1.54, 1.807) is 7.11 Å². The molecule has 1 saturated carbocycles. The van der Waals surface area contributed by atoms with Gasteiger partial charge in [0.05, 0.1) is 23.8 Å². The lowest BCUT2D eigenvalue weighted by Gasteiger charge is -2.43. The van der Waals surface area contributed by atoms with Gasteiger partial charge in [0.1, 0.15) is 5.76 Å². The van der Waals surface area contributed by atoms with Crippen molar-refractivity contribution in [3.05, 3.63) is 40.6 Å². The molecule has 23 heavy (non-hydrogen) atoms. The van der Waals surface area contributed by atoms with E-state index in [2.05, 4.69) is 5.32 Å². The molecule has 0 amide bonds. The average molecular weight is 315 g/mol. The van der Waals surface area contributed by atoms with Crippen molar-refractivity contribution in [3.63, 3.8) is 0 Å². The minimum Gasteiger partial charge on any atom is -0.510 e. The summed E-state index contributed by atoms with van der Waals surface area (Å²) in [5.74, 6) is 0.188. The Kier molecular flexibility index (Phi) is 4.30. The van der Waals surface area contributed by atoms with Crippen molar-refractivity contribution in [1.29, 1.82) is 0 Å². The second-order valence-corrected chi connectivity index (χ2v) is 6.84. The highest BCUT2D eigenvalue weighted by Crippen LogP contribution is 2.40. The zero-order valence-electron chi connectivity index (χ0n) is 14.1. The van der Waals surface area contributed by atoms with Gasteiger partial charge in [-0.25, -0.2) is 0 Å². The Morgan fingerprint density at radius 3 is 2.61 bits per heavy atom. The number of Topliss-reactive ketones (excluding diaryl/α,β-unsaturated/α-hetero) is 1. The Labute approximate surface area is 137 Å². The molecule has 0 radical (unpaired) electrons. The van der Waals surface area contributed by atoms with E-state index >= 15 is 0 Å². The fourth-order valence-electron chi connectivity index (χ4n) is 3.81. The van der Waals surface area contributed by atoms with Crippen LogP contribution in [0.5, 0.6) is 0 Å². The fourth-order valence-corrected chi connectivity index (χ4v) is 3.81. The molecule has 0 atom stereocenters. The van der Waals surface area contributed by atoms with E-state index in [1.807, 2.05) is 32.0 Å². The highest BCUT2D eigenvalue weighted by Gasteiger charge is 2.44. The Bertz CT molecular complexity index is 655. The molecule has 0 unspecified atom stereocenters. The van der Waals surface area contributed by atoms with Gasteiger partial charge in [-0.15, -0.1) is 0 Å². The summed E-state index contributed by atoms with van der Waals surface area (Å²) < 4.78 is 5.44. The van der Waals surface area contributed by atoms with E-state index in [0.29, 0.717) is 5.57 Å². The molecular weight excluding hydrogens is 290 g/mol. The zero-order valence-corrected chi connectivity index (χ0v) is 14.1. The summed E-state index contributed by atoms with van der Waals surface area (Å²) in [6, 6.07) is 6.04. The first kappa shape index (κ1) is 16.2. The predicted octanol–water partition coefficient (Wildman–Crippen LogP) is 3.07. The van der Waals surface area contributed by atoms with E-state index in [-0.39, 0.29) is 24.2 Å². The topological polar surface area (TPSA) is 58.6 Å². The summed E-state index contributed by atoms with van der Waals surface area (Å²) in [7, 11) is 1.73. The molecule has 1 heterocycles. The molecule has 1 aromatic rings. The van der Waals surface area contributed by atoms with Crippen molar-refractivity contribution in [2.45, 2.75) is 51.2 Å². The Morgan fingerprint density at radius 1 is 1.26 bits per heavy atom. The molecule has 124 valence electrons. The summed E-state index contributed by atoms with van der Waals surface area (Å²) >= 11 is 0. The van der Waals surface area contributed by atoms with Crippen LogP contribution in [0, 0.1) is 13.8 Å². The van der Waals surface area contributed by atoms with Crippen LogP contribution in [0.1, 0.15) is 42.4 Å². The SMILES string of the molecule is COC1CCC2(CC1)NCC(=O)C(c1cc(C)ccc1C)=C2O. The molecule has 4 heteroatoms. The average Bonchev–Trinajstić information content (AvgIpc) is 2.55. The number of ether oxygens (including phenoxy) is 1. The minimum atomic E-state index is -0.478. The molecule has 1 aliphatic heterocycles. The number of aryl methyl sites for hydroxylation is 2. The summed E-state index contributed by atoms with van der Waals surface area (Å²) in [5, 5.41) is 14.3. The minimum absolute atomic E-state index is 0.0318. The second kappa shape index (κ2) is 6.10. The van der Waals surface area contributed by atoms with Crippen molar-refractivity contribution in [2.75, 3.05) is 13.7 Å². The third-order valence-corrected chi connectivity index (χ3v) is 5.34. The van der Waals surface area contributed by atoms with Crippen LogP contribution >= 0.6 is 0 Å². The molecule has 0 saturated heterocycles. The first-order valence-electron chi connectivity index (χ1n) is 8.29. The number of methoxy groups -OCH3 is 1. The van der Waals surface area contributed by atoms with Crippen molar-refractivity contribution in [1.82, 2.24) is 5.32 Å². The van der Waals surface area contributed by atoms with E-state index in [0.717, 1.165) is 42.4 Å². The number of aliphatic hydroxyl groups is 1. The molecule has 2 aliphatic rings. The van der Waals surface area contributed by atoms with Crippen LogP contribution in [-0.2, 0) is 9.53 Å². The highest BCUT2D eigenvalue weighted by molar-refractivity contribution is 6.23. The molecule has 2 N–H and O–H groups in total. The number of benzene rings is 1. The fraction of sp³-hybridized carbons (Fsp3) is 0.526. The quantitative estimate of drug-likeness (QED) is 0.880. The van der Waals surface area contributed by atoms with Crippen LogP contribution in [0.25, 0.3) is 5.57 Å². The molecule has 3 rings (SSSR count). The number of hydrogen-bond acceptors (Lipinski definition) is 4. The monoisotopic (exact) mass is 315 g/mol. The van der Waals surface area contributed by atoms with Crippen LogP contribution in [0.2, 0.25) is 0 Å². The predicted molar refractivity (Wildman–Crippen MR) is 90.5 cm³/mol. The van der Waals surface area contributed by atoms with Gasteiger partial charge in [-0.3, -0.25) is 10.1 Å². The van der Waals surface area contributed by atoms with E-state index in [9.17, 15) is 9.90 Å². The van der Waals surface area contributed by atoms with Gasteiger partial charge >= 0.3 is 0 Å². The number of carbonyl (C=O) groups excluding carboxylic acids is 1. The number of rotatable bonds is 2. The van der Waals surface area contributed by atoms with Gasteiger partial charge in [0.15, 0.2) is 5.78 Å². The maximum absolute atomic E-state index is 12.5. The second-order valence-electron chi connectivity index (χ2n) is 6.84. The van der Waals surface area contributed by atoms with Crippen molar-refractivity contribution in [2.24, 2.45) is 0 Å². The number of hydrogen-bond donors (Lipinski definition) is 2. The van der Waals surface area contributed by atoms with Gasteiger partial charge in [0, 0.05) is 7.11 Å². The maximum Gasteiger partial charge on any atom is 0.180 e. The first-order chi connectivity index (χ1) is 11.0. The van der Waals surface area contributed by atoms with Gasteiger partial charge in [-0.05, 0) is 50.7 Å². The van der Waals surface area contributed by atoms with Gasteiger partial charge in [-0.1, -0.05) is 23.8 Å². The van der Waals surface area contributed by atoms with Crippen LogP contribution in [0.3, 0.4) is 0 Å². The van der Waals surface area contributed by atoms with Gasteiger partial charge in [-0.2, -0.15) is 0 Å². The third kappa shape index (κ3) is 2.81. The molecule has 1 aromatic carbocycles. The molecular formula is C19H25NO3. The number of nitrogens with one attached hydrogen (secondary N) is 1. The summed E-state index contributed by atoms with van der Waals surface area (Å²) in [5.41, 5.74) is 3.00. The largest absolute Gasteiger partial charge is 0.510 e. The lowest BCUT2D eigenvalue weighted by atomic mass is 9.74. The Morgan fingerprint density at radius 2 is 1.96 bits per heavy atom. The summed E-state index contributed by atoms with van der Waals surface area (Å²) in [6.45, 7) is 4.27. The third-order valence-electron chi connectivity index (χ3n) is 5.34. The van der Waals surface area contributed by atoms with Crippen LogP contribution in [-0.4, -0.2) is 36.2 Å². The van der Waals surface area contributed by atoms with Gasteiger partial charge < -0.3 is 9.84 Å². The van der Waals surface area contributed by atoms with Crippen LogP contribution in [0.4, 0.5) is 0 Å². The number of ketones is 1. The standard InChI is InChI=1S/C19H25NO3/c1-12-4-5-13(2)15(10-12)17-16(21)11-20-19(18(17)22)8-6-14(23-3)7-9-19/h4-5,10,14,20,22H,6-9,11H2,1-3H3. The lowest BCUT2D eigenvalue weighted by molar-refractivity contribution is -0.114. The summed E-state index contributed by atoms with van der Waals surface area (Å²) in [6.07, 6.45) is 3.61. The van der Waals surface area contributed by atoms with E-state index in [1.165, 1.54) is 0 Å². The number of aliphatic hydroxyl groups excluding tert-OH is 1. The summed E-state index contributed by atoms with van der Waals surface area (Å²) in [4.78, 5) is 12.5. The smallest absolute Gasteiger partial charge is 0.180 e. The van der Waals surface area contributed by atoms with Crippen LogP contribution in [0.15, 0.2) is 24.0 Å². The normalized spacial score (nSPS) is 28.5. The van der Waals surface area contributed by atoms with Gasteiger partial charge in [0.25, 0.3) is 0 Å². The Balaban J connectivity index is 2.05. The van der Waals surface area contributed by atoms with Crippen molar-refractivity contribution < 1.29 is 14.6 Å². The molecule has 0 aromatic heterocycles. The highest BCUT2D eigenvalue weighted by atomic mass is 16.5. The van der Waals surface area contributed by atoms with E-state index in [4.69, 9.17) is 4.74 Å². The molecule has 1 spiro atoms. The van der Waals surface area contributed by atoms with Crippen molar-refractivity contribution in [3.8, 4) is 0 Å². The van der Waals surface area contributed by atoms with Crippen molar-refractivity contribution >= 4 is 11.4 Å². The first-order valence-corrected chi connectivity index (χ1v) is 8.29. The molecule has 1 fully saturated rings. The Hall–Kier alpha value is -1.65. The zero-order chi connectivity index (χ0) is 16.6.